The monoisotopic (exact) mass is 426 g/mol. The van der Waals surface area contributed by atoms with Gasteiger partial charge in [0.15, 0.2) is 0 Å². The highest BCUT2D eigenvalue weighted by atomic mass is 32.1. The van der Waals surface area contributed by atoms with Gasteiger partial charge in [-0.05, 0) is 53.3 Å². The van der Waals surface area contributed by atoms with E-state index in [1.54, 1.807) is 23.2 Å². The van der Waals surface area contributed by atoms with E-state index in [2.05, 4.69) is 56.5 Å². The lowest BCUT2D eigenvalue weighted by atomic mass is 9.85. The van der Waals surface area contributed by atoms with Gasteiger partial charge in [0.2, 0.25) is 11.8 Å². The van der Waals surface area contributed by atoms with Crippen molar-refractivity contribution in [1.82, 2.24) is 9.80 Å². The first-order valence-corrected chi connectivity index (χ1v) is 11.7. The van der Waals surface area contributed by atoms with Crippen LogP contribution in [-0.4, -0.2) is 40.7 Å². The number of benzene rings is 1. The van der Waals surface area contributed by atoms with Crippen LogP contribution in [0.25, 0.3) is 0 Å². The predicted octanol–water partition coefficient (Wildman–Crippen LogP) is 5.17. The normalized spacial score (nSPS) is 17.4. The van der Waals surface area contributed by atoms with E-state index in [0.717, 1.165) is 18.4 Å². The SMILES string of the molecule is CC[C@@H](C)N(CC(=O)N1CCc2sccc2[C@@H]1c1ccc(C(C)(C)C)cc1)C(C)=O. The summed E-state index contributed by atoms with van der Waals surface area (Å²) in [5, 5.41) is 2.12. The van der Waals surface area contributed by atoms with E-state index in [1.165, 1.54) is 16.0 Å². The van der Waals surface area contributed by atoms with Crippen molar-refractivity contribution in [2.24, 2.45) is 0 Å². The third-order valence-corrected chi connectivity index (χ3v) is 7.21. The summed E-state index contributed by atoms with van der Waals surface area (Å²) in [4.78, 5) is 30.6. The molecule has 0 saturated carbocycles. The Morgan fingerprint density at radius 2 is 1.87 bits per heavy atom. The van der Waals surface area contributed by atoms with E-state index >= 15 is 0 Å². The fraction of sp³-hybridized carbons (Fsp3) is 0.520. The van der Waals surface area contributed by atoms with Gasteiger partial charge < -0.3 is 9.80 Å². The van der Waals surface area contributed by atoms with Crippen LogP contribution < -0.4 is 0 Å². The third kappa shape index (κ3) is 4.61. The summed E-state index contributed by atoms with van der Waals surface area (Å²) in [5.74, 6) is -0.0238. The molecule has 4 nitrogen and oxygen atoms in total. The Morgan fingerprint density at radius 1 is 1.20 bits per heavy atom. The molecule has 1 aliphatic rings. The predicted molar refractivity (Wildman–Crippen MR) is 124 cm³/mol. The Hall–Kier alpha value is -2.14. The molecule has 0 N–H and O–H groups in total. The number of hydrogen-bond acceptors (Lipinski definition) is 3. The van der Waals surface area contributed by atoms with Crippen LogP contribution in [0.5, 0.6) is 0 Å². The Labute approximate surface area is 184 Å². The van der Waals surface area contributed by atoms with E-state index in [-0.39, 0.29) is 35.9 Å². The third-order valence-electron chi connectivity index (χ3n) is 6.21. The maximum Gasteiger partial charge on any atom is 0.243 e. The Morgan fingerprint density at radius 3 is 2.43 bits per heavy atom. The van der Waals surface area contributed by atoms with Crippen molar-refractivity contribution in [3.8, 4) is 0 Å². The second kappa shape index (κ2) is 8.93. The molecule has 5 heteroatoms. The van der Waals surface area contributed by atoms with Gasteiger partial charge in [0.1, 0.15) is 6.54 Å². The molecule has 1 aliphatic heterocycles. The highest BCUT2D eigenvalue weighted by molar-refractivity contribution is 7.10. The van der Waals surface area contributed by atoms with E-state index in [9.17, 15) is 9.59 Å². The van der Waals surface area contributed by atoms with Crippen LogP contribution in [0.15, 0.2) is 35.7 Å². The van der Waals surface area contributed by atoms with E-state index in [0.29, 0.717) is 6.54 Å². The van der Waals surface area contributed by atoms with Crippen molar-refractivity contribution in [3.05, 3.63) is 57.3 Å². The quantitative estimate of drug-likeness (QED) is 0.662. The molecule has 3 rings (SSSR count). The smallest absolute Gasteiger partial charge is 0.243 e. The van der Waals surface area contributed by atoms with Gasteiger partial charge >= 0.3 is 0 Å². The minimum absolute atomic E-state index is 0.0206. The van der Waals surface area contributed by atoms with E-state index in [1.807, 2.05) is 18.7 Å². The van der Waals surface area contributed by atoms with Crippen LogP contribution >= 0.6 is 11.3 Å². The molecule has 0 bridgehead atoms. The van der Waals surface area contributed by atoms with Crippen molar-refractivity contribution >= 4 is 23.2 Å². The van der Waals surface area contributed by atoms with Gasteiger partial charge in [-0.3, -0.25) is 9.59 Å². The zero-order valence-electron chi connectivity index (χ0n) is 19.1. The second-order valence-electron chi connectivity index (χ2n) is 9.31. The zero-order valence-corrected chi connectivity index (χ0v) is 19.9. The molecule has 30 heavy (non-hydrogen) atoms. The first-order valence-electron chi connectivity index (χ1n) is 10.9. The number of fused-ring (bicyclic) bond motifs is 1. The number of rotatable bonds is 5. The maximum absolute atomic E-state index is 13.4. The lowest BCUT2D eigenvalue weighted by Crippen LogP contribution is -2.48. The van der Waals surface area contributed by atoms with Gasteiger partial charge in [0, 0.05) is 24.4 Å². The largest absolute Gasteiger partial charge is 0.331 e. The van der Waals surface area contributed by atoms with Gasteiger partial charge in [-0.2, -0.15) is 0 Å². The van der Waals surface area contributed by atoms with Crippen molar-refractivity contribution in [3.63, 3.8) is 0 Å². The Balaban J connectivity index is 1.93. The molecule has 2 heterocycles. The van der Waals surface area contributed by atoms with Gasteiger partial charge in [-0.1, -0.05) is 52.0 Å². The fourth-order valence-corrected chi connectivity index (χ4v) is 5.05. The number of hydrogen-bond donors (Lipinski definition) is 0. The average Bonchev–Trinajstić information content (AvgIpc) is 3.18. The van der Waals surface area contributed by atoms with Gasteiger partial charge in [0.25, 0.3) is 0 Å². The zero-order chi connectivity index (χ0) is 22.1. The standard InChI is InChI=1S/C25H34N2O2S/c1-7-17(2)27(18(3)28)16-23(29)26-14-12-22-21(13-15-30-22)24(26)19-8-10-20(11-9-19)25(4,5)6/h8-11,13,15,17,24H,7,12,14,16H2,1-6H3/t17-,24+/m1/s1. The van der Waals surface area contributed by atoms with Gasteiger partial charge in [-0.15, -0.1) is 11.3 Å². The molecule has 0 saturated heterocycles. The van der Waals surface area contributed by atoms with Crippen molar-refractivity contribution in [1.29, 1.82) is 0 Å². The second-order valence-corrected chi connectivity index (χ2v) is 10.3. The summed E-state index contributed by atoms with van der Waals surface area (Å²) in [7, 11) is 0. The molecule has 1 aromatic heterocycles. The van der Waals surface area contributed by atoms with Crippen LogP contribution in [0.4, 0.5) is 0 Å². The summed E-state index contributed by atoms with van der Waals surface area (Å²) >= 11 is 1.77. The number of carbonyl (C=O) groups is 2. The molecular formula is C25H34N2O2S. The molecule has 162 valence electrons. The minimum atomic E-state index is -0.0905. The molecule has 0 radical (unpaired) electrons. The lowest BCUT2D eigenvalue weighted by Gasteiger charge is -2.38. The van der Waals surface area contributed by atoms with Crippen LogP contribution in [0.3, 0.4) is 0 Å². The summed E-state index contributed by atoms with van der Waals surface area (Å²) in [6, 6.07) is 10.8. The minimum Gasteiger partial charge on any atom is -0.331 e. The lowest BCUT2D eigenvalue weighted by molar-refractivity contribution is -0.142. The van der Waals surface area contributed by atoms with Crippen LogP contribution in [0.1, 0.15) is 75.6 Å². The molecule has 2 amide bonds. The highest BCUT2D eigenvalue weighted by Crippen LogP contribution is 2.38. The maximum atomic E-state index is 13.4. The van der Waals surface area contributed by atoms with Crippen LogP contribution in [0.2, 0.25) is 0 Å². The summed E-state index contributed by atoms with van der Waals surface area (Å²) < 4.78 is 0. The number of amides is 2. The molecule has 0 unspecified atom stereocenters. The van der Waals surface area contributed by atoms with Gasteiger partial charge in [-0.25, -0.2) is 0 Å². The Bertz CT molecular complexity index is 895. The summed E-state index contributed by atoms with van der Waals surface area (Å²) in [5.41, 5.74) is 3.73. The molecule has 2 aromatic rings. The van der Waals surface area contributed by atoms with E-state index < -0.39 is 0 Å². The molecule has 0 aliphatic carbocycles. The number of thiophene rings is 1. The molecule has 0 spiro atoms. The topological polar surface area (TPSA) is 40.6 Å². The first-order chi connectivity index (χ1) is 14.1. The van der Waals surface area contributed by atoms with E-state index in [4.69, 9.17) is 0 Å². The molecule has 0 fully saturated rings. The molecular weight excluding hydrogens is 392 g/mol. The summed E-state index contributed by atoms with van der Waals surface area (Å²) in [6.45, 7) is 13.1. The van der Waals surface area contributed by atoms with Crippen molar-refractivity contribution in [2.45, 2.75) is 71.9 Å². The average molecular weight is 427 g/mol. The van der Waals surface area contributed by atoms with Gasteiger partial charge in [0.05, 0.1) is 6.04 Å². The Kier molecular flexibility index (Phi) is 6.71. The summed E-state index contributed by atoms with van der Waals surface area (Å²) in [6.07, 6.45) is 1.71. The molecule has 2 atom stereocenters. The van der Waals surface area contributed by atoms with Crippen molar-refractivity contribution in [2.75, 3.05) is 13.1 Å². The first kappa shape index (κ1) is 22.5. The van der Waals surface area contributed by atoms with Crippen LogP contribution in [-0.2, 0) is 21.4 Å². The van der Waals surface area contributed by atoms with Crippen LogP contribution in [0, 0.1) is 0 Å². The highest BCUT2D eigenvalue weighted by Gasteiger charge is 2.34. The fourth-order valence-electron chi connectivity index (χ4n) is 4.14. The molecule has 1 aromatic carbocycles. The number of nitrogens with zero attached hydrogens (tertiary/aromatic N) is 2. The van der Waals surface area contributed by atoms with Crippen molar-refractivity contribution < 1.29 is 9.59 Å². The number of carbonyl (C=O) groups excluding carboxylic acids is 2.